The molecular weight excluding hydrogens is 1160 g/mol. The number of benzene rings is 5. The minimum Gasteiger partial charge on any atom is -0.507 e. The summed E-state index contributed by atoms with van der Waals surface area (Å²) in [5, 5.41) is 33.4. The van der Waals surface area contributed by atoms with Crippen LogP contribution in [0.4, 0.5) is 0 Å². The van der Waals surface area contributed by atoms with Crippen LogP contribution in [-0.4, -0.2) is 71.0 Å². The summed E-state index contributed by atoms with van der Waals surface area (Å²) in [5.41, 5.74) is 10.9. The summed E-state index contributed by atoms with van der Waals surface area (Å²) >= 11 is 6.48. The molecule has 0 atom stereocenters. The number of hydrogen-bond acceptors (Lipinski definition) is 14. The van der Waals surface area contributed by atoms with Gasteiger partial charge in [-0.1, -0.05) is 111 Å². The van der Waals surface area contributed by atoms with Crippen molar-refractivity contribution in [1.29, 1.82) is 0 Å². The average molecular weight is 1230 g/mol. The van der Waals surface area contributed by atoms with Crippen molar-refractivity contribution in [2.45, 2.75) is 67.7 Å². The molecule has 0 fully saturated rings. The predicted molar refractivity (Wildman–Crippen MR) is 363 cm³/mol. The number of rotatable bonds is 13. The number of ether oxygens (including phenoxy) is 1. The molecule has 12 rings (SSSR count). The van der Waals surface area contributed by atoms with Crippen LogP contribution in [0.3, 0.4) is 0 Å². The third-order valence-corrected chi connectivity index (χ3v) is 15.8. The monoisotopic (exact) mass is 1230 g/mol. The number of phenols is 2. The molecule has 0 radical (unpaired) electrons. The van der Waals surface area contributed by atoms with Gasteiger partial charge in [0.05, 0.1) is 86.2 Å². The molecular formula is C73H65ClN10O7. The van der Waals surface area contributed by atoms with Crippen molar-refractivity contribution in [3.8, 4) is 40.1 Å². The van der Waals surface area contributed by atoms with Gasteiger partial charge in [0.15, 0.2) is 0 Å². The topological polar surface area (TPSA) is 226 Å². The van der Waals surface area contributed by atoms with E-state index in [9.17, 15) is 29.7 Å². The minimum absolute atomic E-state index is 0.139. The van der Waals surface area contributed by atoms with Gasteiger partial charge in [0.25, 0.3) is 16.7 Å². The first-order valence-corrected chi connectivity index (χ1v) is 29.8. The summed E-state index contributed by atoms with van der Waals surface area (Å²) in [5.74, 6) is 2.44. The van der Waals surface area contributed by atoms with E-state index in [-0.39, 0.29) is 33.9 Å². The molecule has 7 heterocycles. The number of methoxy groups -OCH3 is 1. The van der Waals surface area contributed by atoms with E-state index in [0.717, 1.165) is 51.9 Å². The molecule has 0 bridgehead atoms. The third-order valence-electron chi connectivity index (χ3n) is 15.5. The Morgan fingerprint density at radius 3 is 1.25 bits per heavy atom. The lowest BCUT2D eigenvalue weighted by atomic mass is 10.1. The number of para-hydroxylation sites is 5. The molecule has 0 aliphatic heterocycles. The van der Waals surface area contributed by atoms with Crippen molar-refractivity contribution >= 4 is 80.8 Å². The van der Waals surface area contributed by atoms with Crippen LogP contribution in [0, 0.1) is 27.7 Å². The fourth-order valence-corrected chi connectivity index (χ4v) is 11.1. The summed E-state index contributed by atoms with van der Waals surface area (Å²) in [4.78, 5) is 70.9. The fourth-order valence-electron chi connectivity index (χ4n) is 10.8. The number of aromatic hydroxyl groups is 3. The summed E-state index contributed by atoms with van der Waals surface area (Å²) in [6.45, 7) is 13.7. The Hall–Kier alpha value is -11.2. The highest BCUT2D eigenvalue weighted by atomic mass is 35.5. The molecule has 456 valence electrons. The highest BCUT2D eigenvalue weighted by Crippen LogP contribution is 2.32. The van der Waals surface area contributed by atoms with Crippen LogP contribution in [0.5, 0.6) is 23.0 Å². The quantitative estimate of drug-likeness (QED) is 0.0976. The summed E-state index contributed by atoms with van der Waals surface area (Å²) in [6.07, 6.45) is 23.6. The van der Waals surface area contributed by atoms with E-state index in [1.807, 2.05) is 133 Å². The van der Waals surface area contributed by atoms with E-state index >= 15 is 0 Å². The van der Waals surface area contributed by atoms with Gasteiger partial charge in [0.1, 0.15) is 40.5 Å². The number of phenolic OH excluding ortho intramolecular Hbond substituents is 2. The van der Waals surface area contributed by atoms with Crippen molar-refractivity contribution in [2.75, 3.05) is 7.11 Å². The number of halogens is 1. The van der Waals surface area contributed by atoms with Gasteiger partial charge in [-0.2, -0.15) is 0 Å². The van der Waals surface area contributed by atoms with Gasteiger partial charge in [0, 0.05) is 41.5 Å². The second kappa shape index (κ2) is 27.9. The number of hydrogen-bond donors (Lipinski definition) is 3. The van der Waals surface area contributed by atoms with Crippen LogP contribution in [0.25, 0.3) is 86.2 Å². The van der Waals surface area contributed by atoms with Gasteiger partial charge >= 0.3 is 0 Å². The zero-order valence-corrected chi connectivity index (χ0v) is 52.2. The van der Waals surface area contributed by atoms with Gasteiger partial charge in [-0.3, -0.25) is 48.0 Å². The Balaban J connectivity index is 0.000000150. The SMILES string of the molecule is CCc1cccc(/C=C/c2nc3cnccc3c(=O)n2-c2c(C)cccc2Cl)c1O.CCc1cccc(/C=C/c2nc3cnccc3c(=O)n2-c2c(C)cccc2OC)c1O.CCc1nccc(/C=C/c2nc3cnccc3c(=O)n2-c2c(C)cccc2C)c1O. The molecule has 0 amide bonds. The van der Waals surface area contributed by atoms with Crippen LogP contribution in [0.1, 0.15) is 94.0 Å². The molecule has 0 aliphatic rings. The molecule has 0 aliphatic carbocycles. The van der Waals surface area contributed by atoms with Crippen LogP contribution in [0.15, 0.2) is 173 Å². The molecule has 0 unspecified atom stereocenters. The second-order valence-electron chi connectivity index (χ2n) is 21.2. The molecule has 17 nitrogen and oxygen atoms in total. The zero-order valence-electron chi connectivity index (χ0n) is 51.4. The lowest BCUT2D eigenvalue weighted by Crippen LogP contribution is -2.24. The van der Waals surface area contributed by atoms with Gasteiger partial charge in [-0.25, -0.2) is 15.0 Å². The van der Waals surface area contributed by atoms with Crippen LogP contribution >= 0.6 is 11.6 Å². The Kier molecular flexibility index (Phi) is 19.3. The first kappa shape index (κ1) is 62.9. The number of nitrogens with zero attached hydrogens (tertiary/aromatic N) is 10. The summed E-state index contributed by atoms with van der Waals surface area (Å²) in [6, 6.07) is 34.9. The maximum atomic E-state index is 13.5. The van der Waals surface area contributed by atoms with Crippen LogP contribution in [0.2, 0.25) is 5.02 Å². The molecule has 5 aromatic carbocycles. The molecule has 3 N–H and O–H groups in total. The fraction of sp³-hybridized carbons (Fsp3) is 0.151. The van der Waals surface area contributed by atoms with Crippen molar-refractivity contribution in [2.24, 2.45) is 0 Å². The molecule has 91 heavy (non-hydrogen) atoms. The lowest BCUT2D eigenvalue weighted by molar-refractivity contribution is 0.412. The standard InChI is InChI=1S/C25H23N3O3.C24H20ClN3O2.C24H22N4O2/c1-4-17-8-6-9-18(24(17)29)11-12-22-27-20-15-26-14-13-19(20)25(30)28(22)23-16(2)7-5-10-21(23)31-3;1-3-16-7-5-8-17(23(16)29)10-11-21-27-20-14-26-13-12-18(20)24(30)28(21)22-15(2)6-4-9-19(22)25;1-4-19-23(29)17(10-13-26-19)8-9-21-27-20-14-25-12-11-18(20)24(30)28(21)22-15(2)6-5-7-16(22)3/h5-15,29H,4H2,1-3H3;4-14,29H,3H2,1-2H3;5-14,29H,4H2,1-3H3/b12-11+;11-10+;9-8+. The predicted octanol–water partition coefficient (Wildman–Crippen LogP) is 13.9. The van der Waals surface area contributed by atoms with Gasteiger partial charge in [0.2, 0.25) is 0 Å². The van der Waals surface area contributed by atoms with Gasteiger partial charge in [-0.15, -0.1) is 0 Å². The van der Waals surface area contributed by atoms with E-state index in [0.29, 0.717) is 101 Å². The highest BCUT2D eigenvalue weighted by Gasteiger charge is 2.20. The maximum absolute atomic E-state index is 13.5. The summed E-state index contributed by atoms with van der Waals surface area (Å²) < 4.78 is 10.2. The summed E-state index contributed by atoms with van der Waals surface area (Å²) in [7, 11) is 1.57. The van der Waals surface area contributed by atoms with E-state index in [4.69, 9.17) is 26.3 Å². The Bertz CT molecular complexity index is 4780. The first-order chi connectivity index (χ1) is 44.1. The highest BCUT2D eigenvalue weighted by molar-refractivity contribution is 6.32. The number of aromatic nitrogens is 10. The maximum Gasteiger partial charge on any atom is 0.266 e. The van der Waals surface area contributed by atoms with Crippen molar-refractivity contribution in [3.63, 3.8) is 0 Å². The second-order valence-corrected chi connectivity index (χ2v) is 21.7. The Morgan fingerprint density at radius 1 is 0.440 bits per heavy atom. The van der Waals surface area contributed by atoms with Gasteiger partial charge < -0.3 is 20.1 Å². The number of fused-ring (bicyclic) bond motifs is 3. The van der Waals surface area contributed by atoms with Gasteiger partial charge in [-0.05, 0) is 153 Å². The smallest absolute Gasteiger partial charge is 0.266 e. The third kappa shape index (κ3) is 13.1. The Labute approximate surface area is 529 Å². The van der Waals surface area contributed by atoms with E-state index in [1.54, 1.807) is 126 Å². The molecule has 12 aromatic rings. The molecule has 18 heteroatoms. The van der Waals surface area contributed by atoms with Crippen molar-refractivity contribution in [3.05, 3.63) is 268 Å². The van der Waals surface area contributed by atoms with Crippen LogP contribution in [-0.2, 0) is 19.3 Å². The normalized spacial score (nSPS) is 11.4. The molecule has 0 spiro atoms. The minimum atomic E-state index is -0.232. The Morgan fingerprint density at radius 2 is 0.824 bits per heavy atom. The largest absolute Gasteiger partial charge is 0.507 e. The number of aryl methyl sites for hydroxylation is 7. The number of pyridine rings is 4. The molecule has 7 aromatic heterocycles. The first-order valence-electron chi connectivity index (χ1n) is 29.5. The van der Waals surface area contributed by atoms with E-state index in [2.05, 4.69) is 24.9 Å². The molecule has 0 saturated heterocycles. The van der Waals surface area contributed by atoms with E-state index < -0.39 is 0 Å². The van der Waals surface area contributed by atoms with Crippen LogP contribution < -0.4 is 21.4 Å². The van der Waals surface area contributed by atoms with E-state index in [1.165, 1.54) is 4.57 Å². The zero-order chi connectivity index (χ0) is 64.5. The lowest BCUT2D eigenvalue weighted by Gasteiger charge is -2.16. The average Bonchev–Trinajstić information content (AvgIpc) is 0.803. The molecule has 0 saturated carbocycles. The van der Waals surface area contributed by atoms with Crippen molar-refractivity contribution in [1.82, 2.24) is 48.6 Å². The van der Waals surface area contributed by atoms with Crippen molar-refractivity contribution < 1.29 is 20.1 Å².